The molecule has 0 aliphatic carbocycles. The highest BCUT2D eigenvalue weighted by molar-refractivity contribution is 7.89. The molecule has 0 unspecified atom stereocenters. The van der Waals surface area contributed by atoms with Gasteiger partial charge in [-0.05, 0) is 25.5 Å². The van der Waals surface area contributed by atoms with Crippen LogP contribution < -0.4 is 9.47 Å². The van der Waals surface area contributed by atoms with Gasteiger partial charge in [-0.1, -0.05) is 13.3 Å². The molecule has 0 aromatic heterocycles. The molecule has 1 aromatic carbocycles. The highest BCUT2D eigenvalue weighted by Gasteiger charge is 2.26. The predicted octanol–water partition coefficient (Wildman–Crippen LogP) is 2.43. The van der Waals surface area contributed by atoms with Crippen molar-refractivity contribution in [3.05, 3.63) is 17.7 Å². The van der Waals surface area contributed by atoms with Crippen LogP contribution in [0, 0.1) is 6.92 Å². The second-order valence-electron chi connectivity index (χ2n) is 4.60. The molecule has 0 fully saturated rings. The SMILES string of the molecule is CCCCN(C)S(=O)(=O)c1ccc(OC)c(C)c1OC. The van der Waals surface area contributed by atoms with Crippen molar-refractivity contribution in [2.75, 3.05) is 27.8 Å². The van der Waals surface area contributed by atoms with E-state index in [9.17, 15) is 8.42 Å². The van der Waals surface area contributed by atoms with Crippen molar-refractivity contribution in [2.24, 2.45) is 0 Å². The number of methoxy groups -OCH3 is 2. The molecular formula is C14H23NO4S. The molecule has 0 aliphatic heterocycles. The zero-order valence-corrected chi connectivity index (χ0v) is 13.6. The van der Waals surface area contributed by atoms with Crippen LogP contribution in [0.5, 0.6) is 11.5 Å². The van der Waals surface area contributed by atoms with Gasteiger partial charge in [-0.2, -0.15) is 0 Å². The number of hydrogen-bond donors (Lipinski definition) is 0. The number of rotatable bonds is 7. The fourth-order valence-corrected chi connectivity index (χ4v) is 3.41. The minimum Gasteiger partial charge on any atom is -0.496 e. The summed E-state index contributed by atoms with van der Waals surface area (Å²) in [6, 6.07) is 3.18. The minimum absolute atomic E-state index is 0.178. The topological polar surface area (TPSA) is 55.8 Å². The average Bonchev–Trinajstić information content (AvgIpc) is 2.43. The summed E-state index contributed by atoms with van der Waals surface area (Å²) in [7, 11) is 1.05. The molecule has 0 aliphatic rings. The van der Waals surface area contributed by atoms with Crippen LogP contribution in [0.2, 0.25) is 0 Å². The molecule has 0 saturated heterocycles. The lowest BCUT2D eigenvalue weighted by molar-refractivity contribution is 0.377. The standard InChI is InChI=1S/C14H23NO4S/c1-6-7-10-15(3)20(16,17)13-9-8-12(18-4)11(2)14(13)19-5/h8-9H,6-7,10H2,1-5H3. The lowest BCUT2D eigenvalue weighted by atomic mass is 10.2. The first-order valence-corrected chi connectivity index (χ1v) is 8.02. The third-order valence-electron chi connectivity index (χ3n) is 3.26. The largest absolute Gasteiger partial charge is 0.496 e. The molecule has 0 radical (unpaired) electrons. The maximum atomic E-state index is 12.6. The summed E-state index contributed by atoms with van der Waals surface area (Å²) in [5.74, 6) is 0.949. The van der Waals surface area contributed by atoms with Crippen molar-refractivity contribution in [1.29, 1.82) is 0 Å². The van der Waals surface area contributed by atoms with Gasteiger partial charge in [0.25, 0.3) is 0 Å². The van der Waals surface area contributed by atoms with Crippen LogP contribution in [0.15, 0.2) is 17.0 Å². The van der Waals surface area contributed by atoms with Gasteiger partial charge in [0.2, 0.25) is 10.0 Å². The van der Waals surface area contributed by atoms with Crippen LogP contribution in [-0.4, -0.2) is 40.5 Å². The van der Waals surface area contributed by atoms with Gasteiger partial charge in [-0.15, -0.1) is 0 Å². The lowest BCUT2D eigenvalue weighted by Crippen LogP contribution is -2.28. The van der Waals surface area contributed by atoms with Crippen LogP contribution in [0.1, 0.15) is 25.3 Å². The van der Waals surface area contributed by atoms with Crippen molar-refractivity contribution >= 4 is 10.0 Å². The molecule has 20 heavy (non-hydrogen) atoms. The van der Waals surface area contributed by atoms with E-state index < -0.39 is 10.0 Å². The van der Waals surface area contributed by atoms with Crippen molar-refractivity contribution < 1.29 is 17.9 Å². The first-order valence-electron chi connectivity index (χ1n) is 6.58. The zero-order valence-electron chi connectivity index (χ0n) is 12.8. The molecular weight excluding hydrogens is 278 g/mol. The summed E-state index contributed by atoms with van der Waals surface area (Å²) in [6.45, 7) is 4.30. The second kappa shape index (κ2) is 6.95. The Balaban J connectivity index is 3.28. The Bertz CT molecular complexity index is 555. The van der Waals surface area contributed by atoms with E-state index in [1.807, 2.05) is 6.92 Å². The Hall–Kier alpha value is -1.27. The van der Waals surface area contributed by atoms with E-state index in [2.05, 4.69) is 0 Å². The van der Waals surface area contributed by atoms with E-state index in [0.29, 0.717) is 23.6 Å². The van der Waals surface area contributed by atoms with Gasteiger partial charge in [0.1, 0.15) is 16.4 Å². The first kappa shape index (κ1) is 16.8. The van der Waals surface area contributed by atoms with Gasteiger partial charge < -0.3 is 9.47 Å². The lowest BCUT2D eigenvalue weighted by Gasteiger charge is -2.20. The number of nitrogens with zero attached hydrogens (tertiary/aromatic N) is 1. The Labute approximate surface area is 121 Å². The fourth-order valence-electron chi connectivity index (χ4n) is 2.00. The fraction of sp³-hybridized carbons (Fsp3) is 0.571. The summed E-state index contributed by atoms with van der Waals surface area (Å²) in [5, 5.41) is 0. The van der Waals surface area contributed by atoms with E-state index in [1.54, 1.807) is 27.1 Å². The number of sulfonamides is 1. The van der Waals surface area contributed by atoms with Crippen LogP contribution in [0.4, 0.5) is 0 Å². The van der Waals surface area contributed by atoms with Gasteiger partial charge in [0.05, 0.1) is 14.2 Å². The van der Waals surface area contributed by atoms with Gasteiger partial charge in [0, 0.05) is 19.2 Å². The van der Waals surface area contributed by atoms with Crippen LogP contribution in [0.3, 0.4) is 0 Å². The summed E-state index contributed by atoms with van der Waals surface area (Å²) < 4.78 is 37.0. The maximum Gasteiger partial charge on any atom is 0.246 e. The summed E-state index contributed by atoms with van der Waals surface area (Å²) >= 11 is 0. The summed E-state index contributed by atoms with van der Waals surface area (Å²) in [5.41, 5.74) is 0.681. The highest BCUT2D eigenvalue weighted by atomic mass is 32.2. The predicted molar refractivity (Wildman–Crippen MR) is 79.0 cm³/mol. The third kappa shape index (κ3) is 3.24. The number of benzene rings is 1. The monoisotopic (exact) mass is 301 g/mol. The number of hydrogen-bond acceptors (Lipinski definition) is 4. The van der Waals surface area contributed by atoms with Crippen molar-refractivity contribution in [1.82, 2.24) is 4.31 Å². The van der Waals surface area contributed by atoms with E-state index in [-0.39, 0.29) is 4.90 Å². The molecule has 6 heteroatoms. The minimum atomic E-state index is -3.55. The molecule has 1 aromatic rings. The van der Waals surface area contributed by atoms with Crippen molar-refractivity contribution in [2.45, 2.75) is 31.6 Å². The highest BCUT2D eigenvalue weighted by Crippen LogP contribution is 2.35. The van der Waals surface area contributed by atoms with Crippen LogP contribution in [0.25, 0.3) is 0 Å². The average molecular weight is 301 g/mol. The molecule has 0 atom stereocenters. The number of ether oxygens (including phenoxy) is 2. The summed E-state index contributed by atoms with van der Waals surface area (Å²) in [4.78, 5) is 0.178. The molecule has 0 spiro atoms. The second-order valence-corrected chi connectivity index (χ2v) is 6.62. The van der Waals surface area contributed by atoms with Crippen LogP contribution in [-0.2, 0) is 10.0 Å². The zero-order chi connectivity index (χ0) is 15.3. The Morgan fingerprint density at radius 2 is 1.85 bits per heavy atom. The normalized spacial score (nSPS) is 11.7. The van der Waals surface area contributed by atoms with Gasteiger partial charge in [-0.25, -0.2) is 12.7 Å². The quantitative estimate of drug-likeness (QED) is 0.776. The molecule has 0 N–H and O–H groups in total. The summed E-state index contributed by atoms with van der Waals surface area (Å²) in [6.07, 6.45) is 1.77. The van der Waals surface area contributed by atoms with E-state index in [1.165, 1.54) is 17.5 Å². The molecule has 0 amide bonds. The third-order valence-corrected chi connectivity index (χ3v) is 5.14. The molecule has 1 rings (SSSR count). The Morgan fingerprint density at radius 3 is 2.35 bits per heavy atom. The molecule has 0 saturated carbocycles. The maximum absolute atomic E-state index is 12.6. The molecule has 114 valence electrons. The number of unbranched alkanes of at least 4 members (excludes halogenated alkanes) is 1. The van der Waals surface area contributed by atoms with E-state index >= 15 is 0 Å². The van der Waals surface area contributed by atoms with Crippen molar-refractivity contribution in [3.63, 3.8) is 0 Å². The molecule has 0 bridgehead atoms. The van der Waals surface area contributed by atoms with Gasteiger partial charge in [0.15, 0.2) is 0 Å². The smallest absolute Gasteiger partial charge is 0.246 e. The van der Waals surface area contributed by atoms with Gasteiger partial charge >= 0.3 is 0 Å². The van der Waals surface area contributed by atoms with Crippen LogP contribution >= 0.6 is 0 Å². The Morgan fingerprint density at radius 1 is 1.20 bits per heavy atom. The Kier molecular flexibility index (Phi) is 5.83. The first-order chi connectivity index (χ1) is 9.39. The molecule has 0 heterocycles. The van der Waals surface area contributed by atoms with E-state index in [0.717, 1.165) is 12.8 Å². The van der Waals surface area contributed by atoms with Gasteiger partial charge in [-0.3, -0.25) is 0 Å². The van der Waals surface area contributed by atoms with Crippen molar-refractivity contribution in [3.8, 4) is 11.5 Å². The molecule has 5 nitrogen and oxygen atoms in total. The van der Waals surface area contributed by atoms with E-state index in [4.69, 9.17) is 9.47 Å².